The van der Waals surface area contributed by atoms with Crippen molar-refractivity contribution in [3.63, 3.8) is 0 Å². The van der Waals surface area contributed by atoms with E-state index in [1.54, 1.807) is 0 Å². The predicted octanol–water partition coefficient (Wildman–Crippen LogP) is 15.8. The molecule has 304 valence electrons. The normalized spacial score (nSPS) is 11.4. The Morgan fingerprint density at radius 2 is 0.646 bits per heavy atom. The molecule has 0 saturated heterocycles. The third-order valence-corrected chi connectivity index (χ3v) is 12.5. The molecule has 0 bridgehead atoms. The van der Waals surface area contributed by atoms with Crippen LogP contribution in [0.15, 0.2) is 243 Å². The highest BCUT2D eigenvalue weighted by molar-refractivity contribution is 6.10. The summed E-state index contributed by atoms with van der Waals surface area (Å²) < 4.78 is 2.40. The van der Waals surface area contributed by atoms with E-state index in [0.29, 0.717) is 17.5 Å². The molecule has 0 aliphatic carbocycles. The van der Waals surface area contributed by atoms with Gasteiger partial charge < -0.3 is 4.57 Å². The Bertz CT molecular complexity index is 3630. The van der Waals surface area contributed by atoms with Gasteiger partial charge in [-0.1, -0.05) is 212 Å². The minimum atomic E-state index is 0.625. The standard InChI is InChI=1S/C61H40N4/c1-3-16-41(17-4-1)43-30-36-46(37-31-43)59-62-60(48-21-15-20-47(40-48)42-18-5-2-6-19-42)64-61(63-59)55-39-38-49(51-23-7-8-24-52(51)55)44-32-34-45(35-33-44)50-22-9-12-27-56(50)65-57-28-13-10-25-53(57)54-26-11-14-29-58(54)65/h1-40H. The summed E-state index contributed by atoms with van der Waals surface area (Å²) in [5.41, 5.74) is 15.5. The minimum absolute atomic E-state index is 0.625. The van der Waals surface area contributed by atoms with Crippen LogP contribution in [0.5, 0.6) is 0 Å². The molecular weight excluding hydrogens is 789 g/mol. The van der Waals surface area contributed by atoms with E-state index in [1.165, 1.54) is 32.9 Å². The second-order valence-corrected chi connectivity index (χ2v) is 16.4. The van der Waals surface area contributed by atoms with Crippen LogP contribution >= 0.6 is 0 Å². The number of rotatable bonds is 8. The molecule has 0 unspecified atom stereocenters. The van der Waals surface area contributed by atoms with Crippen molar-refractivity contribution in [3.8, 4) is 84.4 Å². The Morgan fingerprint density at radius 1 is 0.231 bits per heavy atom. The van der Waals surface area contributed by atoms with E-state index in [-0.39, 0.29) is 0 Å². The lowest BCUT2D eigenvalue weighted by atomic mass is 9.93. The lowest BCUT2D eigenvalue weighted by Crippen LogP contribution is -2.01. The zero-order chi connectivity index (χ0) is 43.1. The Balaban J connectivity index is 0.951. The van der Waals surface area contributed by atoms with Gasteiger partial charge in [-0.05, 0) is 80.0 Å². The lowest BCUT2D eigenvalue weighted by molar-refractivity contribution is 1.08. The summed E-state index contributed by atoms with van der Waals surface area (Å²) in [5, 5.41) is 4.71. The van der Waals surface area contributed by atoms with E-state index in [4.69, 9.17) is 15.0 Å². The number of hydrogen-bond acceptors (Lipinski definition) is 3. The molecule has 12 rings (SSSR count). The summed E-state index contributed by atoms with van der Waals surface area (Å²) in [6.07, 6.45) is 0. The van der Waals surface area contributed by atoms with Crippen molar-refractivity contribution in [2.45, 2.75) is 0 Å². The van der Waals surface area contributed by atoms with Gasteiger partial charge in [-0.2, -0.15) is 0 Å². The van der Waals surface area contributed by atoms with E-state index in [0.717, 1.165) is 66.5 Å². The molecule has 0 radical (unpaired) electrons. The molecular formula is C61H40N4. The largest absolute Gasteiger partial charge is 0.309 e. The number of hydrogen-bond donors (Lipinski definition) is 0. The fourth-order valence-corrected chi connectivity index (χ4v) is 9.34. The van der Waals surface area contributed by atoms with Crippen LogP contribution in [-0.4, -0.2) is 19.5 Å². The molecule has 0 spiro atoms. The topological polar surface area (TPSA) is 43.6 Å². The van der Waals surface area contributed by atoms with Crippen LogP contribution in [0.4, 0.5) is 0 Å². The van der Waals surface area contributed by atoms with Crippen molar-refractivity contribution in [2.75, 3.05) is 0 Å². The van der Waals surface area contributed by atoms with Gasteiger partial charge in [0.15, 0.2) is 17.5 Å². The minimum Gasteiger partial charge on any atom is -0.309 e. The van der Waals surface area contributed by atoms with Crippen molar-refractivity contribution in [1.29, 1.82) is 0 Å². The highest BCUT2D eigenvalue weighted by atomic mass is 15.0. The van der Waals surface area contributed by atoms with E-state index in [9.17, 15) is 0 Å². The number of aromatic nitrogens is 4. The third kappa shape index (κ3) is 6.95. The summed E-state index contributed by atoms with van der Waals surface area (Å²) in [7, 11) is 0. The molecule has 0 N–H and O–H groups in total. The van der Waals surface area contributed by atoms with Crippen LogP contribution < -0.4 is 0 Å². The molecule has 0 fully saturated rings. The van der Waals surface area contributed by atoms with E-state index in [1.807, 2.05) is 12.1 Å². The van der Waals surface area contributed by atoms with Gasteiger partial charge in [0.05, 0.1) is 16.7 Å². The fourth-order valence-electron chi connectivity index (χ4n) is 9.34. The van der Waals surface area contributed by atoms with Crippen LogP contribution in [-0.2, 0) is 0 Å². The molecule has 65 heavy (non-hydrogen) atoms. The molecule has 10 aromatic carbocycles. The van der Waals surface area contributed by atoms with Gasteiger partial charge >= 0.3 is 0 Å². The molecule has 0 amide bonds. The molecule has 12 aromatic rings. The van der Waals surface area contributed by atoms with Gasteiger partial charge in [-0.3, -0.25) is 0 Å². The van der Waals surface area contributed by atoms with E-state index >= 15 is 0 Å². The Morgan fingerprint density at radius 3 is 1.31 bits per heavy atom. The third-order valence-electron chi connectivity index (χ3n) is 12.5. The highest BCUT2D eigenvalue weighted by Crippen LogP contribution is 2.39. The second kappa shape index (κ2) is 16.2. The number of para-hydroxylation sites is 3. The summed E-state index contributed by atoms with van der Waals surface area (Å²) >= 11 is 0. The summed E-state index contributed by atoms with van der Waals surface area (Å²) in [5.74, 6) is 1.88. The van der Waals surface area contributed by atoms with Crippen LogP contribution in [0.25, 0.3) is 117 Å². The zero-order valence-corrected chi connectivity index (χ0v) is 35.4. The first kappa shape index (κ1) is 38.0. The van der Waals surface area contributed by atoms with Crippen molar-refractivity contribution in [2.24, 2.45) is 0 Å². The van der Waals surface area contributed by atoms with E-state index in [2.05, 4.69) is 235 Å². The Kier molecular flexibility index (Phi) is 9.46. The number of nitrogens with zero attached hydrogens (tertiary/aromatic N) is 4. The maximum absolute atomic E-state index is 5.24. The first-order valence-corrected chi connectivity index (χ1v) is 22.0. The highest BCUT2D eigenvalue weighted by Gasteiger charge is 2.18. The van der Waals surface area contributed by atoms with Gasteiger partial charge in [-0.25, -0.2) is 15.0 Å². The number of fused-ring (bicyclic) bond motifs is 4. The van der Waals surface area contributed by atoms with Crippen LogP contribution in [0.1, 0.15) is 0 Å². The van der Waals surface area contributed by atoms with Gasteiger partial charge in [0.1, 0.15) is 0 Å². The average molecular weight is 829 g/mol. The number of benzene rings is 10. The van der Waals surface area contributed by atoms with E-state index < -0.39 is 0 Å². The van der Waals surface area contributed by atoms with Crippen LogP contribution in [0.2, 0.25) is 0 Å². The van der Waals surface area contributed by atoms with Crippen molar-refractivity contribution < 1.29 is 0 Å². The van der Waals surface area contributed by atoms with Crippen LogP contribution in [0, 0.1) is 0 Å². The first-order valence-electron chi connectivity index (χ1n) is 22.0. The molecule has 0 saturated carbocycles. The summed E-state index contributed by atoms with van der Waals surface area (Å²) in [6.45, 7) is 0. The predicted molar refractivity (Wildman–Crippen MR) is 270 cm³/mol. The molecule has 2 aromatic heterocycles. The van der Waals surface area contributed by atoms with Crippen molar-refractivity contribution in [1.82, 2.24) is 19.5 Å². The molecule has 2 heterocycles. The summed E-state index contributed by atoms with van der Waals surface area (Å²) in [4.78, 5) is 15.6. The smallest absolute Gasteiger partial charge is 0.164 e. The molecule has 4 heteroatoms. The lowest BCUT2D eigenvalue weighted by Gasteiger charge is -2.15. The maximum Gasteiger partial charge on any atom is 0.164 e. The van der Waals surface area contributed by atoms with Crippen LogP contribution in [0.3, 0.4) is 0 Å². The van der Waals surface area contributed by atoms with Crippen molar-refractivity contribution in [3.05, 3.63) is 243 Å². The Hall–Kier alpha value is -8.73. The second-order valence-electron chi connectivity index (χ2n) is 16.4. The SMILES string of the molecule is c1ccc(-c2ccc(-c3nc(-c4cccc(-c5ccccc5)c4)nc(-c4ccc(-c5ccc(-c6ccccc6-n6c7ccccc7c7ccccc76)cc5)c5ccccc45)n3)cc2)cc1. The van der Waals surface area contributed by atoms with Gasteiger partial charge in [0.2, 0.25) is 0 Å². The molecule has 4 nitrogen and oxygen atoms in total. The molecule has 0 aliphatic heterocycles. The molecule has 0 aliphatic rings. The molecule has 0 atom stereocenters. The van der Waals surface area contributed by atoms with Gasteiger partial charge in [0.25, 0.3) is 0 Å². The first-order chi connectivity index (χ1) is 32.2. The average Bonchev–Trinajstić information content (AvgIpc) is 3.73. The summed E-state index contributed by atoms with van der Waals surface area (Å²) in [6, 6.07) is 85.9. The quantitative estimate of drug-likeness (QED) is 0.153. The fraction of sp³-hybridized carbons (Fsp3) is 0. The maximum atomic E-state index is 5.24. The van der Waals surface area contributed by atoms with Gasteiger partial charge in [0, 0.05) is 33.0 Å². The van der Waals surface area contributed by atoms with Gasteiger partial charge in [-0.15, -0.1) is 0 Å². The Labute approximate surface area is 377 Å². The van der Waals surface area contributed by atoms with Crippen molar-refractivity contribution >= 4 is 32.6 Å². The monoisotopic (exact) mass is 828 g/mol. The zero-order valence-electron chi connectivity index (χ0n) is 35.4.